The lowest BCUT2D eigenvalue weighted by molar-refractivity contribution is 0.560. The maximum atomic E-state index is 6.26. The summed E-state index contributed by atoms with van der Waals surface area (Å²) in [6.45, 7) is 2.25. The van der Waals surface area contributed by atoms with Gasteiger partial charge in [-0.2, -0.15) is 0 Å². The number of hydrogen-bond donors (Lipinski definition) is 0. The van der Waals surface area contributed by atoms with Gasteiger partial charge >= 0.3 is 0 Å². The highest BCUT2D eigenvalue weighted by Gasteiger charge is 2.03. The third kappa shape index (κ3) is 12.7. The molecule has 0 amide bonds. The van der Waals surface area contributed by atoms with Crippen LogP contribution in [0, 0.1) is 0 Å². The van der Waals surface area contributed by atoms with Gasteiger partial charge in [0.1, 0.15) is 0 Å². The summed E-state index contributed by atoms with van der Waals surface area (Å²) in [6.07, 6.45) is 13.1. The Balaban J connectivity index is 3.08. The van der Waals surface area contributed by atoms with E-state index in [1.54, 1.807) is 0 Å². The van der Waals surface area contributed by atoms with E-state index in [4.69, 9.17) is 11.6 Å². The lowest BCUT2D eigenvalue weighted by Gasteiger charge is -2.08. The molecule has 2 heteroatoms. The lowest BCUT2D eigenvalue weighted by atomic mass is 10.1. The minimum Gasteiger partial charge on any atom is -0.123 e. The third-order valence-electron chi connectivity index (χ3n) is 2.77. The fourth-order valence-electron chi connectivity index (χ4n) is 1.75. The Labute approximate surface area is 109 Å². The van der Waals surface area contributed by atoms with Crippen LogP contribution in [0.3, 0.4) is 0 Å². The second-order valence-corrected chi connectivity index (χ2v) is 5.75. The third-order valence-corrected chi connectivity index (χ3v) is 3.77. The van der Waals surface area contributed by atoms with Gasteiger partial charge in [0.2, 0.25) is 0 Å². The van der Waals surface area contributed by atoms with Gasteiger partial charge in [-0.25, -0.2) is 0 Å². The van der Waals surface area contributed by atoms with E-state index in [1.807, 2.05) is 0 Å². The minimum absolute atomic E-state index is 0.436. The molecule has 92 valence electrons. The van der Waals surface area contributed by atoms with E-state index in [2.05, 4.69) is 22.9 Å². The summed E-state index contributed by atoms with van der Waals surface area (Å²) >= 11 is 9.72. The molecule has 15 heavy (non-hydrogen) atoms. The molecule has 0 aliphatic heterocycles. The maximum Gasteiger partial charge on any atom is 0.0336 e. The van der Waals surface area contributed by atoms with E-state index < -0.39 is 0 Å². The lowest BCUT2D eigenvalue weighted by Crippen LogP contribution is -1.98. The van der Waals surface area contributed by atoms with E-state index in [0.29, 0.717) is 5.38 Å². The molecule has 0 radical (unpaired) electrons. The van der Waals surface area contributed by atoms with Gasteiger partial charge in [0.25, 0.3) is 0 Å². The van der Waals surface area contributed by atoms with Gasteiger partial charge in [0.15, 0.2) is 0 Å². The van der Waals surface area contributed by atoms with E-state index >= 15 is 0 Å². The van der Waals surface area contributed by atoms with E-state index in [9.17, 15) is 0 Å². The van der Waals surface area contributed by atoms with Crippen molar-refractivity contribution in [3.8, 4) is 0 Å². The van der Waals surface area contributed by atoms with Crippen LogP contribution in [0.25, 0.3) is 0 Å². The Morgan fingerprint density at radius 2 is 1.40 bits per heavy atom. The smallest absolute Gasteiger partial charge is 0.0336 e. The van der Waals surface area contributed by atoms with Gasteiger partial charge < -0.3 is 0 Å². The standard InChI is InChI=1S/C13H26BrCl/c1-2-3-4-7-10-13(15)11-8-5-6-9-12-14/h13H,2-12H2,1H3. The van der Waals surface area contributed by atoms with Crippen LogP contribution in [0.15, 0.2) is 0 Å². The number of hydrogen-bond acceptors (Lipinski definition) is 0. The Bertz CT molecular complexity index is 117. The summed E-state index contributed by atoms with van der Waals surface area (Å²) in [6, 6.07) is 0. The average molecular weight is 298 g/mol. The topological polar surface area (TPSA) is 0 Å². The molecule has 0 nitrogen and oxygen atoms in total. The Morgan fingerprint density at radius 1 is 0.867 bits per heavy atom. The summed E-state index contributed by atoms with van der Waals surface area (Å²) < 4.78 is 0. The molecule has 0 aromatic rings. The predicted molar refractivity (Wildman–Crippen MR) is 75.3 cm³/mol. The van der Waals surface area contributed by atoms with Gasteiger partial charge in [-0.3, -0.25) is 0 Å². The van der Waals surface area contributed by atoms with Crippen molar-refractivity contribution in [2.24, 2.45) is 0 Å². The molecule has 0 aliphatic carbocycles. The van der Waals surface area contributed by atoms with Crippen molar-refractivity contribution in [3.05, 3.63) is 0 Å². The normalized spacial score (nSPS) is 13.0. The monoisotopic (exact) mass is 296 g/mol. The number of unbranched alkanes of at least 4 members (excludes halogenated alkanes) is 6. The van der Waals surface area contributed by atoms with Crippen LogP contribution in [-0.4, -0.2) is 10.7 Å². The number of halogens is 2. The molecular formula is C13H26BrCl. The first-order chi connectivity index (χ1) is 7.31. The van der Waals surface area contributed by atoms with Crippen LogP contribution >= 0.6 is 27.5 Å². The van der Waals surface area contributed by atoms with Crippen molar-refractivity contribution < 1.29 is 0 Å². The van der Waals surface area contributed by atoms with Gasteiger partial charge in [-0.15, -0.1) is 11.6 Å². The molecule has 0 spiro atoms. The Morgan fingerprint density at radius 3 is 1.93 bits per heavy atom. The summed E-state index contributed by atoms with van der Waals surface area (Å²) in [4.78, 5) is 0. The summed E-state index contributed by atoms with van der Waals surface area (Å²) in [5.41, 5.74) is 0. The van der Waals surface area contributed by atoms with Crippen LogP contribution in [0.5, 0.6) is 0 Å². The zero-order valence-corrected chi connectivity index (χ0v) is 12.5. The molecule has 0 heterocycles. The summed E-state index contributed by atoms with van der Waals surface area (Å²) in [7, 11) is 0. The molecule has 0 aromatic carbocycles. The highest BCUT2D eigenvalue weighted by molar-refractivity contribution is 9.09. The summed E-state index contributed by atoms with van der Waals surface area (Å²) in [5, 5.41) is 1.58. The van der Waals surface area contributed by atoms with Crippen LogP contribution < -0.4 is 0 Å². The molecule has 0 saturated heterocycles. The summed E-state index contributed by atoms with van der Waals surface area (Å²) in [5.74, 6) is 0. The first kappa shape index (κ1) is 15.8. The predicted octanol–water partition coefficient (Wildman–Crippen LogP) is 5.91. The average Bonchev–Trinajstić information content (AvgIpc) is 2.24. The highest BCUT2D eigenvalue weighted by Crippen LogP contribution is 2.17. The largest absolute Gasteiger partial charge is 0.123 e. The van der Waals surface area contributed by atoms with Crippen molar-refractivity contribution in [2.75, 3.05) is 5.33 Å². The van der Waals surface area contributed by atoms with Crippen LogP contribution in [0.2, 0.25) is 0 Å². The van der Waals surface area contributed by atoms with Gasteiger partial charge in [-0.1, -0.05) is 67.8 Å². The van der Waals surface area contributed by atoms with Crippen LogP contribution in [0.4, 0.5) is 0 Å². The maximum absolute atomic E-state index is 6.26. The first-order valence-electron chi connectivity index (χ1n) is 6.51. The van der Waals surface area contributed by atoms with E-state index in [1.165, 1.54) is 64.2 Å². The molecule has 0 bridgehead atoms. The second kappa shape index (κ2) is 12.8. The molecule has 1 unspecified atom stereocenters. The molecule has 0 aliphatic rings. The zero-order valence-electron chi connectivity index (χ0n) is 10.1. The Kier molecular flexibility index (Phi) is 13.5. The second-order valence-electron chi connectivity index (χ2n) is 4.34. The van der Waals surface area contributed by atoms with E-state index in [-0.39, 0.29) is 0 Å². The minimum atomic E-state index is 0.436. The molecule has 1 atom stereocenters. The Hall–Kier alpha value is 0.770. The van der Waals surface area contributed by atoms with Gasteiger partial charge in [0.05, 0.1) is 0 Å². The molecule has 0 saturated carbocycles. The fraction of sp³-hybridized carbons (Fsp3) is 1.00. The van der Waals surface area contributed by atoms with Crippen molar-refractivity contribution in [3.63, 3.8) is 0 Å². The first-order valence-corrected chi connectivity index (χ1v) is 8.07. The molecular weight excluding hydrogens is 272 g/mol. The van der Waals surface area contributed by atoms with Crippen molar-refractivity contribution in [1.82, 2.24) is 0 Å². The number of rotatable bonds is 11. The van der Waals surface area contributed by atoms with Gasteiger partial charge in [0, 0.05) is 10.7 Å². The zero-order chi connectivity index (χ0) is 11.4. The van der Waals surface area contributed by atoms with Crippen molar-refractivity contribution >= 4 is 27.5 Å². The fourth-order valence-corrected chi connectivity index (χ4v) is 2.46. The van der Waals surface area contributed by atoms with Gasteiger partial charge in [-0.05, 0) is 19.3 Å². The quantitative estimate of drug-likeness (QED) is 0.328. The van der Waals surface area contributed by atoms with Crippen molar-refractivity contribution in [1.29, 1.82) is 0 Å². The number of alkyl halides is 2. The van der Waals surface area contributed by atoms with Crippen molar-refractivity contribution in [2.45, 2.75) is 76.5 Å². The SMILES string of the molecule is CCCCCCC(Cl)CCCCCCBr. The van der Waals surface area contributed by atoms with Crippen LogP contribution in [0.1, 0.15) is 71.1 Å². The highest BCUT2D eigenvalue weighted by atomic mass is 79.9. The molecule has 0 rings (SSSR count). The molecule has 0 aromatic heterocycles. The van der Waals surface area contributed by atoms with Crippen LogP contribution in [-0.2, 0) is 0 Å². The van der Waals surface area contributed by atoms with E-state index in [0.717, 1.165) is 5.33 Å². The molecule has 0 fully saturated rings. The molecule has 0 N–H and O–H groups in total.